The molecule has 5 nitrogen and oxygen atoms in total. The SMILES string of the molecule is CN1CCC(NC(c2cccc(C#CCCCCN)c2)c2nc3ccccc3[nH]2)CC1. The molecular weight excluding hydrogens is 382 g/mol. The number of unbranched alkanes of at least 4 members (excludes halogenated alkanes) is 2. The smallest absolute Gasteiger partial charge is 0.129 e. The first-order chi connectivity index (χ1) is 15.2. The van der Waals surface area contributed by atoms with E-state index in [9.17, 15) is 0 Å². The van der Waals surface area contributed by atoms with E-state index in [1.54, 1.807) is 0 Å². The molecule has 0 saturated carbocycles. The summed E-state index contributed by atoms with van der Waals surface area (Å²) in [6.45, 7) is 2.98. The van der Waals surface area contributed by atoms with Crippen molar-refractivity contribution in [3.8, 4) is 11.8 Å². The maximum atomic E-state index is 5.58. The fourth-order valence-electron chi connectivity index (χ4n) is 4.17. The van der Waals surface area contributed by atoms with Gasteiger partial charge in [0.15, 0.2) is 0 Å². The molecule has 1 aliphatic rings. The first kappa shape index (κ1) is 21.6. The summed E-state index contributed by atoms with van der Waals surface area (Å²) in [5.74, 6) is 7.59. The van der Waals surface area contributed by atoms with Gasteiger partial charge in [-0.1, -0.05) is 36.1 Å². The van der Waals surface area contributed by atoms with Crippen molar-refractivity contribution in [3.05, 3.63) is 65.5 Å². The van der Waals surface area contributed by atoms with Gasteiger partial charge in [0, 0.05) is 18.0 Å². The molecule has 1 unspecified atom stereocenters. The van der Waals surface area contributed by atoms with Gasteiger partial charge in [-0.25, -0.2) is 4.98 Å². The molecule has 3 aromatic rings. The number of fused-ring (bicyclic) bond motifs is 1. The molecule has 0 amide bonds. The highest BCUT2D eigenvalue weighted by Crippen LogP contribution is 2.25. The zero-order valence-corrected chi connectivity index (χ0v) is 18.4. The molecule has 1 atom stereocenters. The largest absolute Gasteiger partial charge is 0.340 e. The summed E-state index contributed by atoms with van der Waals surface area (Å²) >= 11 is 0. The molecule has 1 saturated heterocycles. The number of piperidine rings is 1. The van der Waals surface area contributed by atoms with Crippen LogP contribution in [-0.4, -0.2) is 47.6 Å². The molecule has 1 aliphatic heterocycles. The van der Waals surface area contributed by atoms with E-state index in [2.05, 4.69) is 70.5 Å². The molecule has 2 heterocycles. The van der Waals surface area contributed by atoms with Crippen LogP contribution < -0.4 is 11.1 Å². The number of aromatic amines is 1. The van der Waals surface area contributed by atoms with Crippen molar-refractivity contribution < 1.29 is 0 Å². The molecule has 0 bridgehead atoms. The molecule has 4 N–H and O–H groups in total. The third-order valence-corrected chi connectivity index (χ3v) is 6.01. The lowest BCUT2D eigenvalue weighted by atomic mass is 9.99. The van der Waals surface area contributed by atoms with E-state index >= 15 is 0 Å². The summed E-state index contributed by atoms with van der Waals surface area (Å²) in [5, 5.41) is 3.90. The molecule has 5 heteroatoms. The third kappa shape index (κ3) is 5.74. The predicted molar refractivity (Wildman–Crippen MR) is 128 cm³/mol. The first-order valence-electron chi connectivity index (χ1n) is 11.4. The van der Waals surface area contributed by atoms with Crippen LogP contribution in [0.2, 0.25) is 0 Å². The molecule has 0 spiro atoms. The van der Waals surface area contributed by atoms with E-state index in [-0.39, 0.29) is 6.04 Å². The Labute approximate surface area is 185 Å². The normalized spacial score (nSPS) is 16.2. The molecule has 0 radical (unpaired) electrons. The van der Waals surface area contributed by atoms with Gasteiger partial charge in [0.25, 0.3) is 0 Å². The minimum absolute atomic E-state index is 0.0137. The highest BCUT2D eigenvalue weighted by atomic mass is 15.1. The van der Waals surface area contributed by atoms with Gasteiger partial charge in [0.1, 0.15) is 5.82 Å². The summed E-state index contributed by atoms with van der Waals surface area (Å²) < 4.78 is 0. The number of aromatic nitrogens is 2. The number of nitrogens with one attached hydrogen (secondary N) is 2. The summed E-state index contributed by atoms with van der Waals surface area (Å²) in [6.07, 6.45) is 5.27. The highest BCUT2D eigenvalue weighted by Gasteiger charge is 2.24. The van der Waals surface area contributed by atoms with Crippen LogP contribution in [0.3, 0.4) is 0 Å². The lowest BCUT2D eigenvalue weighted by molar-refractivity contribution is 0.228. The van der Waals surface area contributed by atoms with Crippen LogP contribution in [0.15, 0.2) is 48.5 Å². The van der Waals surface area contributed by atoms with E-state index in [0.717, 1.165) is 74.2 Å². The summed E-state index contributed by atoms with van der Waals surface area (Å²) in [7, 11) is 2.20. The number of H-pyrrole nitrogens is 1. The molecule has 31 heavy (non-hydrogen) atoms. The van der Waals surface area contributed by atoms with E-state index in [1.807, 2.05) is 12.1 Å². The Morgan fingerprint density at radius 2 is 2.00 bits per heavy atom. The minimum Gasteiger partial charge on any atom is -0.340 e. The molecular formula is C26H33N5. The zero-order valence-electron chi connectivity index (χ0n) is 18.4. The van der Waals surface area contributed by atoms with Crippen LogP contribution >= 0.6 is 0 Å². The number of para-hydroxylation sites is 2. The first-order valence-corrected chi connectivity index (χ1v) is 11.4. The number of benzene rings is 2. The van der Waals surface area contributed by atoms with Crippen molar-refractivity contribution in [2.75, 3.05) is 26.7 Å². The lowest BCUT2D eigenvalue weighted by Gasteiger charge is -2.32. The van der Waals surface area contributed by atoms with E-state index in [0.29, 0.717) is 6.04 Å². The van der Waals surface area contributed by atoms with Gasteiger partial charge >= 0.3 is 0 Å². The van der Waals surface area contributed by atoms with E-state index in [4.69, 9.17) is 10.7 Å². The number of nitrogens with zero attached hydrogens (tertiary/aromatic N) is 2. The van der Waals surface area contributed by atoms with Crippen molar-refractivity contribution in [1.82, 2.24) is 20.2 Å². The van der Waals surface area contributed by atoms with Crippen LogP contribution in [0.25, 0.3) is 11.0 Å². The Hall–Kier alpha value is -2.65. The van der Waals surface area contributed by atoms with Crippen LogP contribution in [0, 0.1) is 11.8 Å². The minimum atomic E-state index is 0.0137. The van der Waals surface area contributed by atoms with Crippen molar-refractivity contribution >= 4 is 11.0 Å². The second-order valence-electron chi connectivity index (χ2n) is 8.49. The predicted octanol–water partition coefficient (Wildman–Crippen LogP) is 3.82. The van der Waals surface area contributed by atoms with Gasteiger partial charge in [-0.3, -0.25) is 0 Å². The van der Waals surface area contributed by atoms with Gasteiger partial charge in [-0.05, 0) is 82.2 Å². The van der Waals surface area contributed by atoms with Crippen molar-refractivity contribution in [2.45, 2.75) is 44.2 Å². The Morgan fingerprint density at radius 3 is 2.81 bits per heavy atom. The summed E-state index contributed by atoms with van der Waals surface area (Å²) in [5.41, 5.74) is 9.90. The van der Waals surface area contributed by atoms with Crippen LogP contribution in [0.4, 0.5) is 0 Å². The van der Waals surface area contributed by atoms with Crippen molar-refractivity contribution in [1.29, 1.82) is 0 Å². The highest BCUT2D eigenvalue weighted by molar-refractivity contribution is 5.75. The molecule has 1 aromatic heterocycles. The number of rotatable bonds is 7. The van der Waals surface area contributed by atoms with Crippen LogP contribution in [0.5, 0.6) is 0 Å². The topological polar surface area (TPSA) is 70.0 Å². The number of nitrogens with two attached hydrogens (primary N) is 1. The third-order valence-electron chi connectivity index (χ3n) is 6.01. The van der Waals surface area contributed by atoms with Crippen molar-refractivity contribution in [3.63, 3.8) is 0 Å². The Balaban J connectivity index is 1.60. The quantitative estimate of drug-likeness (QED) is 0.405. The van der Waals surface area contributed by atoms with Gasteiger partial charge < -0.3 is 20.9 Å². The van der Waals surface area contributed by atoms with E-state index < -0.39 is 0 Å². The summed E-state index contributed by atoms with van der Waals surface area (Å²) in [6, 6.07) is 17.3. The number of likely N-dealkylation sites (tertiary alicyclic amines) is 1. The maximum absolute atomic E-state index is 5.58. The summed E-state index contributed by atoms with van der Waals surface area (Å²) in [4.78, 5) is 10.9. The average molecular weight is 416 g/mol. The molecule has 0 aliphatic carbocycles. The van der Waals surface area contributed by atoms with Crippen molar-refractivity contribution in [2.24, 2.45) is 5.73 Å². The zero-order chi connectivity index (χ0) is 21.5. The van der Waals surface area contributed by atoms with Gasteiger partial charge in [-0.15, -0.1) is 0 Å². The van der Waals surface area contributed by atoms with Gasteiger partial charge in [0.2, 0.25) is 0 Å². The van der Waals surface area contributed by atoms with Crippen LogP contribution in [0.1, 0.15) is 55.1 Å². The molecule has 4 rings (SSSR count). The average Bonchev–Trinajstić information content (AvgIpc) is 3.23. The molecule has 162 valence electrons. The van der Waals surface area contributed by atoms with Crippen LogP contribution in [-0.2, 0) is 0 Å². The fraction of sp³-hybridized carbons (Fsp3) is 0.423. The Kier molecular flexibility index (Phi) is 7.37. The van der Waals surface area contributed by atoms with E-state index in [1.165, 1.54) is 5.56 Å². The molecule has 2 aromatic carbocycles. The number of imidazole rings is 1. The Morgan fingerprint density at radius 1 is 1.16 bits per heavy atom. The second-order valence-corrected chi connectivity index (χ2v) is 8.49. The number of hydrogen-bond acceptors (Lipinski definition) is 4. The number of hydrogen-bond donors (Lipinski definition) is 3. The fourth-order valence-corrected chi connectivity index (χ4v) is 4.17. The Bertz CT molecular complexity index is 1000. The maximum Gasteiger partial charge on any atom is 0.129 e. The van der Waals surface area contributed by atoms with Gasteiger partial charge in [-0.2, -0.15) is 0 Å². The molecule has 1 fully saturated rings. The standard InChI is InChI=1S/C26H33N5/c1-31-17-14-22(15-18-31)28-25(26-29-23-12-5-6-13-24(23)30-26)21-11-8-10-20(19-21)9-4-2-3-7-16-27/h5-6,8,10-13,19,22,25,28H,2-3,7,14-18,27H2,1H3,(H,29,30). The lowest BCUT2D eigenvalue weighted by Crippen LogP contribution is -2.42. The van der Waals surface area contributed by atoms with Gasteiger partial charge in [0.05, 0.1) is 17.1 Å². The monoisotopic (exact) mass is 415 g/mol. The second kappa shape index (κ2) is 10.6.